The molecule has 3 aromatic rings. The summed E-state index contributed by atoms with van der Waals surface area (Å²) in [6.45, 7) is 1.41. The molecule has 1 unspecified atom stereocenters. The Bertz CT molecular complexity index is 1410. The number of hydrogen-bond donors (Lipinski definition) is 2. The lowest BCUT2D eigenvalue weighted by Crippen LogP contribution is -2.38. The second-order valence-corrected chi connectivity index (χ2v) is 10.6. The molecule has 11 heteroatoms. The number of aromatic nitrogens is 2. The number of benzene rings is 1. The smallest absolute Gasteiger partial charge is 0.406 e. The first kappa shape index (κ1) is 24.7. The van der Waals surface area contributed by atoms with Gasteiger partial charge in [-0.1, -0.05) is 0 Å². The minimum Gasteiger partial charge on any atom is -0.406 e. The number of ether oxygens (including phenoxy) is 1. The largest absolute Gasteiger partial charge is 0.573 e. The van der Waals surface area contributed by atoms with Gasteiger partial charge in [0, 0.05) is 53.7 Å². The SMILES string of the molecule is O=C1CC2(CCc3[nH]c4ncc(F)c(C5CCN(C(=O)c6ccc(OC(F)(F)F)cc6)CC5)c4c3C2)CN1. The standard InChI is InChI=1S/C27H26F4N4O3/c28-19-13-32-24-23(18-11-26(8-5-20(18)34-24)12-21(36)33-14-26)22(19)15-6-9-35(10-7-15)25(37)16-1-3-17(4-2-16)38-27(29,30)31/h1-4,13,15H,5-12,14H2,(H,32,34)(H,33,36). The summed E-state index contributed by atoms with van der Waals surface area (Å²) in [7, 11) is 0. The van der Waals surface area contributed by atoms with E-state index in [1.165, 1.54) is 18.3 Å². The average Bonchev–Trinajstić information content (AvgIpc) is 3.43. The molecule has 2 fully saturated rings. The van der Waals surface area contributed by atoms with Crippen LogP contribution in [0.25, 0.3) is 11.0 Å². The number of alkyl halides is 3. The highest BCUT2D eigenvalue weighted by Crippen LogP contribution is 2.45. The normalized spacial score (nSPS) is 22.1. The van der Waals surface area contributed by atoms with E-state index in [1.807, 2.05) is 0 Å². The van der Waals surface area contributed by atoms with E-state index < -0.39 is 6.36 Å². The predicted molar refractivity (Wildman–Crippen MR) is 129 cm³/mol. The fourth-order valence-electron chi connectivity index (χ4n) is 6.34. The van der Waals surface area contributed by atoms with Crippen molar-refractivity contribution in [1.82, 2.24) is 20.2 Å². The summed E-state index contributed by atoms with van der Waals surface area (Å²) in [6, 6.07) is 4.86. The number of piperidine rings is 1. The van der Waals surface area contributed by atoms with Gasteiger partial charge in [-0.3, -0.25) is 9.59 Å². The maximum absolute atomic E-state index is 15.3. The molecule has 4 heterocycles. The molecule has 1 aromatic carbocycles. The lowest BCUT2D eigenvalue weighted by molar-refractivity contribution is -0.274. The van der Waals surface area contributed by atoms with Crippen LogP contribution in [0, 0.1) is 11.2 Å². The molecule has 2 aliphatic heterocycles. The maximum Gasteiger partial charge on any atom is 0.573 e. The molecule has 2 N–H and O–H groups in total. The van der Waals surface area contributed by atoms with Crippen molar-refractivity contribution < 1.29 is 31.9 Å². The molecule has 1 spiro atoms. The minimum absolute atomic E-state index is 0.0531. The number of aryl methyl sites for hydroxylation is 1. The third-order valence-electron chi connectivity index (χ3n) is 8.18. The zero-order valence-electron chi connectivity index (χ0n) is 20.5. The maximum atomic E-state index is 15.3. The van der Waals surface area contributed by atoms with Crippen molar-refractivity contribution in [2.75, 3.05) is 19.6 Å². The Balaban J connectivity index is 1.21. The molecule has 200 valence electrons. The van der Waals surface area contributed by atoms with Crippen molar-refractivity contribution in [2.24, 2.45) is 5.41 Å². The van der Waals surface area contributed by atoms with Crippen LogP contribution in [0.5, 0.6) is 5.75 Å². The van der Waals surface area contributed by atoms with E-state index in [9.17, 15) is 22.8 Å². The van der Waals surface area contributed by atoms with Crippen LogP contribution in [0.15, 0.2) is 30.5 Å². The Kier molecular flexibility index (Phi) is 5.84. The minimum atomic E-state index is -4.80. The monoisotopic (exact) mass is 530 g/mol. The lowest BCUT2D eigenvalue weighted by Gasteiger charge is -2.34. The summed E-state index contributed by atoms with van der Waals surface area (Å²) in [5, 5.41) is 3.76. The van der Waals surface area contributed by atoms with Crippen LogP contribution in [0.1, 0.15) is 58.8 Å². The Labute approximate surface area is 215 Å². The number of hydrogen-bond acceptors (Lipinski definition) is 4. The molecule has 1 atom stereocenters. The summed E-state index contributed by atoms with van der Waals surface area (Å²) in [4.78, 5) is 34.3. The van der Waals surface area contributed by atoms with Gasteiger partial charge in [-0.25, -0.2) is 9.37 Å². The Morgan fingerprint density at radius 2 is 1.87 bits per heavy atom. The Morgan fingerprint density at radius 3 is 2.53 bits per heavy atom. The van der Waals surface area contributed by atoms with Crippen LogP contribution >= 0.6 is 0 Å². The molecular formula is C27H26F4N4O3. The van der Waals surface area contributed by atoms with Crippen LogP contribution in [0.4, 0.5) is 17.6 Å². The van der Waals surface area contributed by atoms with Gasteiger partial charge < -0.3 is 19.9 Å². The first-order valence-corrected chi connectivity index (χ1v) is 12.7. The van der Waals surface area contributed by atoms with E-state index in [-0.39, 0.29) is 40.3 Å². The lowest BCUT2D eigenvalue weighted by atomic mass is 9.71. The Morgan fingerprint density at radius 1 is 1.13 bits per heavy atom. The summed E-state index contributed by atoms with van der Waals surface area (Å²) >= 11 is 0. The summed E-state index contributed by atoms with van der Waals surface area (Å²) in [5.41, 5.74) is 3.47. The molecule has 3 aliphatic rings. The van der Waals surface area contributed by atoms with Gasteiger partial charge in [0.25, 0.3) is 5.91 Å². The number of pyridine rings is 1. The van der Waals surface area contributed by atoms with Gasteiger partial charge in [-0.05, 0) is 67.9 Å². The van der Waals surface area contributed by atoms with Gasteiger partial charge in [0.2, 0.25) is 5.91 Å². The number of likely N-dealkylation sites (tertiary alicyclic amines) is 1. The number of H-pyrrole nitrogens is 1. The van der Waals surface area contributed by atoms with Crippen molar-refractivity contribution in [1.29, 1.82) is 0 Å². The zero-order valence-corrected chi connectivity index (χ0v) is 20.5. The molecule has 7 nitrogen and oxygen atoms in total. The van der Waals surface area contributed by atoms with E-state index >= 15 is 4.39 Å². The van der Waals surface area contributed by atoms with Crippen LogP contribution in [0.3, 0.4) is 0 Å². The molecule has 2 aromatic heterocycles. The quantitative estimate of drug-likeness (QED) is 0.484. The van der Waals surface area contributed by atoms with Crippen molar-refractivity contribution >= 4 is 22.8 Å². The summed E-state index contributed by atoms with van der Waals surface area (Å²) in [5.74, 6) is -1.11. The van der Waals surface area contributed by atoms with Crippen molar-refractivity contribution in [2.45, 2.75) is 50.8 Å². The number of halogens is 4. The predicted octanol–water partition coefficient (Wildman–Crippen LogP) is 4.62. The fraction of sp³-hybridized carbons (Fsp3) is 0.444. The van der Waals surface area contributed by atoms with E-state index in [4.69, 9.17) is 0 Å². The van der Waals surface area contributed by atoms with Crippen LogP contribution in [-0.2, 0) is 17.6 Å². The van der Waals surface area contributed by atoms with Crippen molar-refractivity contribution in [3.8, 4) is 5.75 Å². The molecule has 0 radical (unpaired) electrons. The number of nitrogens with one attached hydrogen (secondary N) is 2. The van der Waals surface area contributed by atoms with Crippen molar-refractivity contribution in [3.05, 3.63) is 58.7 Å². The van der Waals surface area contributed by atoms with E-state index in [1.54, 1.807) is 4.90 Å². The first-order valence-electron chi connectivity index (χ1n) is 12.7. The number of aromatic amines is 1. The average molecular weight is 531 g/mol. The van der Waals surface area contributed by atoms with Gasteiger partial charge in [0.1, 0.15) is 17.2 Å². The number of carbonyl (C=O) groups excluding carboxylic acids is 2. The van der Waals surface area contributed by atoms with E-state index in [0.29, 0.717) is 56.5 Å². The highest BCUT2D eigenvalue weighted by atomic mass is 19.4. The molecule has 0 saturated carbocycles. The van der Waals surface area contributed by atoms with Gasteiger partial charge >= 0.3 is 6.36 Å². The second kappa shape index (κ2) is 8.99. The van der Waals surface area contributed by atoms with Gasteiger partial charge in [0.05, 0.1) is 6.20 Å². The summed E-state index contributed by atoms with van der Waals surface area (Å²) < 4.78 is 56.5. The molecule has 6 rings (SSSR count). The number of rotatable bonds is 3. The summed E-state index contributed by atoms with van der Waals surface area (Å²) in [6.07, 6.45) is 0.356. The molecule has 1 aliphatic carbocycles. The Hall–Kier alpha value is -3.63. The van der Waals surface area contributed by atoms with Gasteiger partial charge in [-0.15, -0.1) is 13.2 Å². The van der Waals surface area contributed by atoms with Crippen LogP contribution < -0.4 is 10.1 Å². The molecule has 38 heavy (non-hydrogen) atoms. The molecule has 2 amide bonds. The van der Waals surface area contributed by atoms with Crippen LogP contribution in [-0.4, -0.2) is 52.7 Å². The van der Waals surface area contributed by atoms with Gasteiger partial charge in [-0.2, -0.15) is 0 Å². The fourth-order valence-corrected chi connectivity index (χ4v) is 6.34. The highest BCUT2D eigenvalue weighted by molar-refractivity contribution is 5.94. The van der Waals surface area contributed by atoms with E-state index in [2.05, 4.69) is 20.0 Å². The first-order chi connectivity index (χ1) is 18.1. The molecule has 0 bridgehead atoms. The number of fused-ring (bicyclic) bond motifs is 3. The highest BCUT2D eigenvalue weighted by Gasteiger charge is 2.43. The number of carbonyl (C=O) groups is 2. The third-order valence-corrected chi connectivity index (χ3v) is 8.18. The van der Waals surface area contributed by atoms with Crippen LogP contribution in [0.2, 0.25) is 0 Å². The second-order valence-electron chi connectivity index (χ2n) is 10.6. The van der Waals surface area contributed by atoms with E-state index in [0.717, 1.165) is 41.6 Å². The molecule has 2 saturated heterocycles. The third kappa shape index (κ3) is 4.48. The zero-order chi connectivity index (χ0) is 26.7. The topological polar surface area (TPSA) is 87.3 Å². The van der Waals surface area contributed by atoms with Gasteiger partial charge in [0.15, 0.2) is 0 Å². The van der Waals surface area contributed by atoms with Crippen molar-refractivity contribution in [3.63, 3.8) is 0 Å². The number of nitrogens with zero attached hydrogens (tertiary/aromatic N) is 2. The molecular weight excluding hydrogens is 504 g/mol. The number of amides is 2.